The molecule has 0 saturated heterocycles. The van der Waals surface area contributed by atoms with Gasteiger partial charge in [-0.05, 0) is 42.8 Å². The van der Waals surface area contributed by atoms with Crippen molar-refractivity contribution in [2.75, 3.05) is 11.4 Å². The maximum absolute atomic E-state index is 12.2. The summed E-state index contributed by atoms with van der Waals surface area (Å²) in [7, 11) is 0. The van der Waals surface area contributed by atoms with Crippen LogP contribution in [-0.2, 0) is 6.54 Å². The van der Waals surface area contributed by atoms with Crippen LogP contribution in [0.15, 0.2) is 35.1 Å². The largest absolute Gasteiger partial charge is 0.326 e. The van der Waals surface area contributed by atoms with Crippen molar-refractivity contribution >= 4 is 23.1 Å². The van der Waals surface area contributed by atoms with Crippen molar-refractivity contribution in [1.29, 1.82) is 5.26 Å². The average Bonchev–Trinajstić information content (AvgIpc) is 2.84. The van der Waals surface area contributed by atoms with Crippen LogP contribution in [0.3, 0.4) is 0 Å². The smallest absolute Gasteiger partial charge is 0.270 e. The molecular weight excluding hydrogens is 274 g/mol. The molecule has 0 bridgehead atoms. The van der Waals surface area contributed by atoms with Crippen molar-refractivity contribution in [1.82, 2.24) is 4.57 Å². The Morgan fingerprint density at radius 2 is 1.95 bits per heavy atom. The van der Waals surface area contributed by atoms with E-state index in [0.717, 1.165) is 11.5 Å². The number of hydrogen-bond acceptors (Lipinski definition) is 3. The number of nitrogens with zero attached hydrogens (tertiary/aromatic N) is 3. The first-order chi connectivity index (χ1) is 9.61. The second kappa shape index (κ2) is 4.69. The summed E-state index contributed by atoms with van der Waals surface area (Å²) in [6, 6.07) is 11.4. The van der Waals surface area contributed by atoms with E-state index in [4.69, 9.17) is 16.9 Å². The highest BCUT2D eigenvalue weighted by Crippen LogP contribution is 2.30. The first kappa shape index (κ1) is 12.8. The average molecular weight is 286 g/mol. The van der Waals surface area contributed by atoms with Crippen molar-refractivity contribution in [3.05, 3.63) is 56.8 Å². The molecule has 0 N–H and O–H groups in total. The molecule has 0 aliphatic carbocycles. The monoisotopic (exact) mass is 285 g/mol. The first-order valence-electron chi connectivity index (χ1n) is 6.29. The van der Waals surface area contributed by atoms with Crippen LogP contribution in [0.1, 0.15) is 11.1 Å². The number of benzene rings is 1. The molecule has 1 aromatic carbocycles. The second-order valence-corrected chi connectivity index (χ2v) is 5.19. The fourth-order valence-electron chi connectivity index (χ4n) is 2.52. The Balaban J connectivity index is 2.14. The molecule has 0 saturated carbocycles. The number of aryl methyl sites for hydroxylation is 1. The lowest BCUT2D eigenvalue weighted by Gasteiger charge is -2.19. The van der Waals surface area contributed by atoms with E-state index in [0.29, 0.717) is 23.7 Å². The molecule has 1 aliphatic rings. The minimum absolute atomic E-state index is 0.209. The third-order valence-corrected chi connectivity index (χ3v) is 3.80. The molecule has 0 fully saturated rings. The van der Waals surface area contributed by atoms with Gasteiger partial charge in [0.15, 0.2) is 0 Å². The molecule has 0 unspecified atom stereocenters. The fourth-order valence-corrected chi connectivity index (χ4v) is 2.65. The van der Waals surface area contributed by atoms with Gasteiger partial charge in [-0.3, -0.25) is 9.36 Å². The van der Waals surface area contributed by atoms with Crippen molar-refractivity contribution in [2.45, 2.75) is 13.5 Å². The van der Waals surface area contributed by atoms with Crippen molar-refractivity contribution in [3.8, 4) is 6.07 Å². The predicted octanol–water partition coefficient (Wildman–Crippen LogP) is 2.83. The van der Waals surface area contributed by atoms with Gasteiger partial charge < -0.3 is 4.90 Å². The van der Waals surface area contributed by atoms with Gasteiger partial charge in [-0.1, -0.05) is 11.6 Å². The molecule has 3 rings (SSSR count). The van der Waals surface area contributed by atoms with Gasteiger partial charge in [-0.15, -0.1) is 0 Å². The minimum atomic E-state index is -0.209. The minimum Gasteiger partial charge on any atom is -0.326 e. The lowest BCUT2D eigenvalue weighted by atomic mass is 10.1. The van der Waals surface area contributed by atoms with Crippen LogP contribution >= 0.6 is 11.6 Å². The number of rotatable bonds is 1. The van der Waals surface area contributed by atoms with E-state index in [9.17, 15) is 4.79 Å². The van der Waals surface area contributed by atoms with Crippen LogP contribution in [-0.4, -0.2) is 11.1 Å². The van der Waals surface area contributed by atoms with E-state index < -0.39 is 0 Å². The van der Waals surface area contributed by atoms with Gasteiger partial charge in [0.1, 0.15) is 17.5 Å². The molecule has 2 aromatic rings. The van der Waals surface area contributed by atoms with Crippen molar-refractivity contribution < 1.29 is 0 Å². The Kier molecular flexibility index (Phi) is 3.00. The number of fused-ring (bicyclic) bond motifs is 1. The lowest BCUT2D eigenvalue weighted by molar-refractivity contribution is 0.763. The number of halogens is 1. The lowest BCUT2D eigenvalue weighted by Crippen LogP contribution is -2.22. The highest BCUT2D eigenvalue weighted by Gasteiger charge is 2.23. The second-order valence-electron chi connectivity index (χ2n) is 4.76. The third kappa shape index (κ3) is 1.87. The molecular formula is C15H12ClN3O. The summed E-state index contributed by atoms with van der Waals surface area (Å²) in [4.78, 5) is 14.3. The zero-order valence-electron chi connectivity index (χ0n) is 10.9. The first-order valence-corrected chi connectivity index (χ1v) is 6.67. The van der Waals surface area contributed by atoms with E-state index >= 15 is 0 Å². The van der Waals surface area contributed by atoms with E-state index in [2.05, 4.69) is 4.90 Å². The van der Waals surface area contributed by atoms with Crippen LogP contribution in [0, 0.1) is 18.3 Å². The summed E-state index contributed by atoms with van der Waals surface area (Å²) in [5, 5.41) is 9.73. The summed E-state index contributed by atoms with van der Waals surface area (Å²) in [5.74, 6) is 0.828. The topological polar surface area (TPSA) is 49.0 Å². The number of aromatic nitrogens is 1. The molecule has 5 heteroatoms. The van der Waals surface area contributed by atoms with E-state index in [-0.39, 0.29) is 11.1 Å². The van der Waals surface area contributed by atoms with Crippen LogP contribution in [0.4, 0.5) is 11.5 Å². The number of pyridine rings is 1. The van der Waals surface area contributed by atoms with Gasteiger partial charge >= 0.3 is 0 Å². The van der Waals surface area contributed by atoms with E-state index in [1.165, 1.54) is 0 Å². The fraction of sp³-hybridized carbons (Fsp3) is 0.200. The highest BCUT2D eigenvalue weighted by atomic mass is 35.5. The zero-order chi connectivity index (χ0) is 14.3. The molecule has 0 atom stereocenters. The third-order valence-electron chi connectivity index (χ3n) is 3.55. The SMILES string of the molecule is Cc1cc2n(c(=O)c1C#N)CCN2c1ccc(Cl)cc1. The quantitative estimate of drug-likeness (QED) is 0.809. The number of hydrogen-bond donors (Lipinski definition) is 0. The maximum atomic E-state index is 12.2. The maximum Gasteiger partial charge on any atom is 0.270 e. The van der Waals surface area contributed by atoms with Crippen LogP contribution < -0.4 is 10.5 Å². The summed E-state index contributed by atoms with van der Waals surface area (Å²) in [6.45, 7) is 3.09. The standard InChI is InChI=1S/C15H12ClN3O/c1-10-8-14-18(12-4-2-11(16)3-5-12)6-7-19(14)15(20)13(10)9-17/h2-5,8H,6-7H2,1H3. The zero-order valence-corrected chi connectivity index (χ0v) is 11.7. The van der Waals surface area contributed by atoms with Crippen LogP contribution in [0.5, 0.6) is 0 Å². The summed E-state index contributed by atoms with van der Waals surface area (Å²) >= 11 is 5.90. The molecule has 1 aliphatic heterocycles. The summed E-state index contributed by atoms with van der Waals surface area (Å²) in [5.41, 5.74) is 1.72. The molecule has 1 aromatic heterocycles. The number of anilines is 2. The molecule has 0 amide bonds. The van der Waals surface area contributed by atoms with Gasteiger partial charge in [0.25, 0.3) is 5.56 Å². The Morgan fingerprint density at radius 1 is 1.25 bits per heavy atom. The Morgan fingerprint density at radius 3 is 2.60 bits per heavy atom. The molecule has 0 radical (unpaired) electrons. The Hall–Kier alpha value is -2.25. The Bertz CT molecular complexity index is 771. The molecule has 2 heterocycles. The van der Waals surface area contributed by atoms with E-state index in [1.54, 1.807) is 11.5 Å². The van der Waals surface area contributed by atoms with Gasteiger partial charge in [-0.25, -0.2) is 0 Å². The molecule has 100 valence electrons. The highest BCUT2D eigenvalue weighted by molar-refractivity contribution is 6.30. The van der Waals surface area contributed by atoms with Gasteiger partial charge in [0, 0.05) is 23.8 Å². The Labute approximate surface area is 121 Å². The van der Waals surface area contributed by atoms with E-state index in [1.807, 2.05) is 36.4 Å². The predicted molar refractivity (Wildman–Crippen MR) is 78.6 cm³/mol. The summed E-state index contributed by atoms with van der Waals surface area (Å²) in [6.07, 6.45) is 0. The normalized spacial score (nSPS) is 13.2. The molecule has 0 spiro atoms. The van der Waals surface area contributed by atoms with Gasteiger partial charge in [0.2, 0.25) is 0 Å². The van der Waals surface area contributed by atoms with Crippen LogP contribution in [0.2, 0.25) is 5.02 Å². The summed E-state index contributed by atoms with van der Waals surface area (Å²) < 4.78 is 1.65. The van der Waals surface area contributed by atoms with Crippen molar-refractivity contribution in [2.24, 2.45) is 0 Å². The number of nitriles is 1. The van der Waals surface area contributed by atoms with Crippen molar-refractivity contribution in [3.63, 3.8) is 0 Å². The molecule has 20 heavy (non-hydrogen) atoms. The van der Waals surface area contributed by atoms with Crippen LogP contribution in [0.25, 0.3) is 0 Å². The van der Waals surface area contributed by atoms with Gasteiger partial charge in [-0.2, -0.15) is 5.26 Å². The molecule has 4 nitrogen and oxygen atoms in total. The van der Waals surface area contributed by atoms with Gasteiger partial charge in [0.05, 0.1) is 0 Å².